The van der Waals surface area contributed by atoms with Gasteiger partial charge >= 0.3 is 0 Å². The topological polar surface area (TPSA) is 78.5 Å². The van der Waals surface area contributed by atoms with Crippen LogP contribution in [0.5, 0.6) is 0 Å². The molecule has 0 heterocycles. The summed E-state index contributed by atoms with van der Waals surface area (Å²) in [7, 11) is 0. The molecular formula is C10H8ClN2O2-. The van der Waals surface area contributed by atoms with E-state index < -0.39 is 5.97 Å². The fraction of sp³-hybridized carbons (Fsp3) is 0. The van der Waals surface area contributed by atoms with E-state index in [1.165, 1.54) is 0 Å². The summed E-state index contributed by atoms with van der Waals surface area (Å²) in [6, 6.07) is 6.78. The minimum atomic E-state index is -1.32. The number of hydrogen-bond acceptors (Lipinski definition) is 3. The Hall–Kier alpha value is -1.81. The lowest BCUT2D eigenvalue weighted by Gasteiger charge is -1.99. The molecule has 1 aromatic carbocycles. The Bertz CT molecular complexity index is 427. The fourth-order valence-electron chi connectivity index (χ4n) is 0.901. The monoisotopic (exact) mass is 223 g/mol. The van der Waals surface area contributed by atoms with E-state index in [4.69, 9.17) is 17.3 Å². The summed E-state index contributed by atoms with van der Waals surface area (Å²) in [6.07, 6.45) is 1.85. The van der Waals surface area contributed by atoms with Crippen molar-refractivity contribution in [2.45, 2.75) is 0 Å². The fourth-order valence-corrected chi connectivity index (χ4v) is 1.09. The summed E-state index contributed by atoms with van der Waals surface area (Å²) >= 11 is 5.74. The molecule has 0 aromatic heterocycles. The SMILES string of the molecule is NC(=N/C=C/C(=O)[O-])c1cccc(Cl)c1. The summed E-state index contributed by atoms with van der Waals surface area (Å²) in [5.41, 5.74) is 6.21. The van der Waals surface area contributed by atoms with Crippen molar-refractivity contribution in [2.24, 2.45) is 10.7 Å². The van der Waals surface area contributed by atoms with Crippen LogP contribution in [-0.2, 0) is 4.79 Å². The van der Waals surface area contributed by atoms with Crippen LogP contribution in [0.15, 0.2) is 41.5 Å². The van der Waals surface area contributed by atoms with E-state index in [1.54, 1.807) is 24.3 Å². The van der Waals surface area contributed by atoms with Crippen LogP contribution >= 0.6 is 11.6 Å². The van der Waals surface area contributed by atoms with E-state index in [0.717, 1.165) is 12.3 Å². The molecule has 0 saturated heterocycles. The summed E-state index contributed by atoms with van der Waals surface area (Å²) in [5.74, 6) is -1.13. The molecule has 5 heteroatoms. The van der Waals surface area contributed by atoms with Gasteiger partial charge in [0.15, 0.2) is 0 Å². The second-order valence-electron chi connectivity index (χ2n) is 2.66. The lowest BCUT2D eigenvalue weighted by Crippen LogP contribution is -2.18. The molecular weight excluding hydrogens is 216 g/mol. The molecule has 0 saturated carbocycles. The van der Waals surface area contributed by atoms with Gasteiger partial charge in [-0.1, -0.05) is 23.7 Å². The Morgan fingerprint density at radius 1 is 1.53 bits per heavy atom. The van der Waals surface area contributed by atoms with Crippen molar-refractivity contribution in [3.63, 3.8) is 0 Å². The van der Waals surface area contributed by atoms with Crippen LogP contribution < -0.4 is 10.8 Å². The Kier molecular flexibility index (Phi) is 3.88. The molecule has 0 unspecified atom stereocenters. The van der Waals surface area contributed by atoms with Gasteiger partial charge in [0.1, 0.15) is 5.84 Å². The molecule has 0 amide bonds. The smallest absolute Gasteiger partial charge is 0.130 e. The average Bonchev–Trinajstić information content (AvgIpc) is 2.17. The van der Waals surface area contributed by atoms with Crippen molar-refractivity contribution in [1.82, 2.24) is 0 Å². The standard InChI is InChI=1S/C10H9ClN2O2/c11-8-3-1-2-7(6-8)10(12)13-5-4-9(14)15/h1-6H,(H2,12,13)(H,14,15)/p-1/b5-4+. The Balaban J connectivity index is 2.84. The van der Waals surface area contributed by atoms with Gasteiger partial charge in [-0.25, -0.2) is 4.99 Å². The number of carbonyl (C=O) groups excluding carboxylic acids is 1. The maximum absolute atomic E-state index is 10.0. The Labute approximate surface area is 91.7 Å². The van der Waals surface area contributed by atoms with Gasteiger partial charge in [0, 0.05) is 16.8 Å². The van der Waals surface area contributed by atoms with Gasteiger partial charge in [0.2, 0.25) is 0 Å². The van der Waals surface area contributed by atoms with E-state index in [9.17, 15) is 9.90 Å². The van der Waals surface area contributed by atoms with Gasteiger partial charge in [-0.15, -0.1) is 0 Å². The molecule has 78 valence electrons. The number of rotatable bonds is 3. The summed E-state index contributed by atoms with van der Waals surface area (Å²) in [6.45, 7) is 0. The minimum absolute atomic E-state index is 0.190. The number of nitrogens with two attached hydrogens (primary N) is 1. The zero-order chi connectivity index (χ0) is 11.3. The largest absolute Gasteiger partial charge is 0.545 e. The average molecular weight is 224 g/mol. The van der Waals surface area contributed by atoms with Gasteiger partial charge in [-0.3, -0.25) is 0 Å². The predicted octanol–water partition coefficient (Wildman–Crippen LogP) is 0.309. The van der Waals surface area contributed by atoms with E-state index in [2.05, 4.69) is 4.99 Å². The first-order chi connectivity index (χ1) is 7.09. The highest BCUT2D eigenvalue weighted by Gasteiger charge is 1.96. The van der Waals surface area contributed by atoms with Gasteiger partial charge in [-0.2, -0.15) is 0 Å². The van der Waals surface area contributed by atoms with Crippen LogP contribution in [0, 0.1) is 0 Å². The van der Waals surface area contributed by atoms with Crippen molar-refractivity contribution in [3.8, 4) is 0 Å². The third-order valence-electron chi connectivity index (χ3n) is 1.54. The highest BCUT2D eigenvalue weighted by molar-refractivity contribution is 6.31. The highest BCUT2D eigenvalue weighted by Crippen LogP contribution is 2.10. The lowest BCUT2D eigenvalue weighted by atomic mass is 10.2. The maximum Gasteiger partial charge on any atom is 0.130 e. The molecule has 4 nitrogen and oxygen atoms in total. The second-order valence-corrected chi connectivity index (χ2v) is 3.10. The van der Waals surface area contributed by atoms with Gasteiger partial charge in [-0.05, 0) is 18.2 Å². The molecule has 0 fully saturated rings. The zero-order valence-electron chi connectivity index (χ0n) is 7.68. The molecule has 0 bridgehead atoms. The van der Waals surface area contributed by atoms with E-state index in [1.807, 2.05) is 0 Å². The van der Waals surface area contributed by atoms with E-state index >= 15 is 0 Å². The number of carboxylic acid groups (broad SMARTS) is 1. The van der Waals surface area contributed by atoms with E-state index in [-0.39, 0.29) is 5.84 Å². The molecule has 0 atom stereocenters. The molecule has 0 aliphatic rings. The third kappa shape index (κ3) is 3.83. The normalized spacial score (nSPS) is 11.9. The highest BCUT2D eigenvalue weighted by atomic mass is 35.5. The quantitative estimate of drug-likeness (QED) is 0.455. The van der Waals surface area contributed by atoms with Gasteiger partial charge in [0.25, 0.3) is 0 Å². The van der Waals surface area contributed by atoms with Crippen molar-refractivity contribution < 1.29 is 9.90 Å². The molecule has 0 aliphatic carbocycles. The number of amidine groups is 1. The number of hydrogen-bond donors (Lipinski definition) is 1. The molecule has 15 heavy (non-hydrogen) atoms. The van der Waals surface area contributed by atoms with Crippen molar-refractivity contribution >= 4 is 23.4 Å². The number of carboxylic acids is 1. The lowest BCUT2D eigenvalue weighted by molar-refractivity contribution is -0.297. The first kappa shape index (κ1) is 11.3. The number of benzene rings is 1. The Morgan fingerprint density at radius 2 is 2.27 bits per heavy atom. The van der Waals surface area contributed by atoms with Crippen LogP contribution in [0.1, 0.15) is 5.56 Å². The number of halogens is 1. The summed E-state index contributed by atoms with van der Waals surface area (Å²) < 4.78 is 0. The van der Waals surface area contributed by atoms with Crippen LogP contribution in [0.4, 0.5) is 0 Å². The van der Waals surface area contributed by atoms with Crippen LogP contribution in [-0.4, -0.2) is 11.8 Å². The first-order valence-corrected chi connectivity index (χ1v) is 4.44. The molecule has 1 aromatic rings. The number of nitrogens with zero attached hydrogens (tertiary/aromatic N) is 1. The van der Waals surface area contributed by atoms with Crippen LogP contribution in [0.3, 0.4) is 0 Å². The molecule has 0 spiro atoms. The van der Waals surface area contributed by atoms with Crippen LogP contribution in [0.25, 0.3) is 0 Å². The molecule has 0 radical (unpaired) electrons. The molecule has 1 rings (SSSR count). The maximum atomic E-state index is 10.0. The van der Waals surface area contributed by atoms with Crippen LogP contribution in [0.2, 0.25) is 5.02 Å². The van der Waals surface area contributed by atoms with Crippen molar-refractivity contribution in [2.75, 3.05) is 0 Å². The Morgan fingerprint density at radius 3 is 2.87 bits per heavy atom. The molecule has 0 aliphatic heterocycles. The second kappa shape index (κ2) is 5.17. The van der Waals surface area contributed by atoms with Crippen molar-refractivity contribution in [1.29, 1.82) is 0 Å². The minimum Gasteiger partial charge on any atom is -0.545 e. The summed E-state index contributed by atoms with van der Waals surface area (Å²) in [4.78, 5) is 13.8. The predicted molar refractivity (Wildman–Crippen MR) is 56.3 cm³/mol. The molecule has 2 N–H and O–H groups in total. The van der Waals surface area contributed by atoms with Crippen molar-refractivity contribution in [3.05, 3.63) is 47.1 Å². The summed E-state index contributed by atoms with van der Waals surface area (Å²) in [5, 5.41) is 10.6. The van der Waals surface area contributed by atoms with Gasteiger partial charge < -0.3 is 15.6 Å². The zero-order valence-corrected chi connectivity index (χ0v) is 8.44. The number of aliphatic carboxylic acids is 1. The number of carbonyl (C=O) groups is 1. The van der Waals surface area contributed by atoms with Gasteiger partial charge in [0.05, 0.1) is 5.97 Å². The number of aliphatic imine (C=N–C) groups is 1. The van der Waals surface area contributed by atoms with E-state index in [0.29, 0.717) is 10.6 Å². The first-order valence-electron chi connectivity index (χ1n) is 4.06. The third-order valence-corrected chi connectivity index (χ3v) is 1.78.